The van der Waals surface area contributed by atoms with Crippen molar-refractivity contribution < 1.29 is 23.5 Å². The van der Waals surface area contributed by atoms with Gasteiger partial charge in [0.1, 0.15) is 5.75 Å². The number of nitrogens with zero attached hydrogens (tertiary/aromatic N) is 3. The summed E-state index contributed by atoms with van der Waals surface area (Å²) in [5.41, 5.74) is 0.563. The summed E-state index contributed by atoms with van der Waals surface area (Å²) in [6.07, 6.45) is 1.32. The Balaban J connectivity index is 1.41. The molecule has 1 spiro atoms. The lowest BCUT2D eigenvalue weighted by molar-refractivity contribution is -0.146. The first-order chi connectivity index (χ1) is 20.1. The number of carbonyl (C=O) groups is 1. The van der Waals surface area contributed by atoms with E-state index in [1.54, 1.807) is 49.5 Å². The van der Waals surface area contributed by atoms with E-state index < -0.39 is 31.6 Å². The number of aromatic nitrogens is 2. The molecule has 0 aliphatic carbocycles. The molecule has 10 heteroatoms. The van der Waals surface area contributed by atoms with Gasteiger partial charge in [-0.05, 0) is 61.5 Å². The minimum atomic E-state index is -3.30. The van der Waals surface area contributed by atoms with Crippen LogP contribution in [0.15, 0.2) is 77.7 Å². The van der Waals surface area contributed by atoms with E-state index in [9.17, 15) is 14.7 Å². The SMILES string of the molecule is COc1ccc2c(c1)[C@@]1(O[C@H](CCO)[C@@H]([Si](C)(C)F)[C@@H]1C)C(=O)N2Cc1cccc(-n2ncc3ccccc3c2=O)c1. The van der Waals surface area contributed by atoms with E-state index in [1.807, 2.05) is 55.5 Å². The maximum atomic E-state index is 15.8. The summed E-state index contributed by atoms with van der Waals surface area (Å²) in [6, 6.07) is 20.1. The highest BCUT2D eigenvalue weighted by atomic mass is 28.4. The third-order valence-electron chi connectivity index (χ3n) is 8.77. The zero-order chi connectivity index (χ0) is 29.8. The molecular formula is C32H34FN3O5Si. The Hall–Kier alpha value is -3.86. The van der Waals surface area contributed by atoms with Crippen molar-refractivity contribution in [2.75, 3.05) is 18.6 Å². The molecule has 1 N–H and O–H groups in total. The second-order valence-corrected chi connectivity index (χ2v) is 15.5. The van der Waals surface area contributed by atoms with Gasteiger partial charge in [0, 0.05) is 29.0 Å². The molecule has 1 amide bonds. The summed E-state index contributed by atoms with van der Waals surface area (Å²) >= 11 is 0. The average Bonchev–Trinajstić information content (AvgIpc) is 3.40. The van der Waals surface area contributed by atoms with Gasteiger partial charge in [0.15, 0.2) is 5.60 Å². The number of hydrogen-bond acceptors (Lipinski definition) is 6. The van der Waals surface area contributed by atoms with Gasteiger partial charge in [-0.25, -0.2) is 0 Å². The predicted octanol–water partition coefficient (Wildman–Crippen LogP) is 5.10. The number of ether oxygens (including phenoxy) is 2. The highest BCUT2D eigenvalue weighted by Crippen LogP contribution is 2.60. The maximum Gasteiger partial charge on any atom is 0.279 e. The largest absolute Gasteiger partial charge is 0.497 e. The fourth-order valence-electron chi connectivity index (χ4n) is 6.95. The zero-order valence-corrected chi connectivity index (χ0v) is 25.1. The first-order valence-corrected chi connectivity index (χ1v) is 17.1. The molecule has 0 saturated carbocycles. The molecule has 3 heterocycles. The van der Waals surface area contributed by atoms with Crippen LogP contribution in [0.3, 0.4) is 0 Å². The predicted molar refractivity (Wildman–Crippen MR) is 161 cm³/mol. The van der Waals surface area contributed by atoms with Crippen LogP contribution >= 0.6 is 0 Å². The smallest absolute Gasteiger partial charge is 0.279 e. The second kappa shape index (κ2) is 10.4. The molecular weight excluding hydrogens is 553 g/mol. The Kier molecular flexibility index (Phi) is 7.03. The van der Waals surface area contributed by atoms with Gasteiger partial charge in [0.25, 0.3) is 11.5 Å². The van der Waals surface area contributed by atoms with Gasteiger partial charge in [0.05, 0.1) is 42.7 Å². The number of aliphatic hydroxyl groups is 1. The fourth-order valence-corrected chi connectivity index (χ4v) is 9.49. The molecule has 4 aromatic rings. The molecule has 8 nitrogen and oxygen atoms in total. The minimum Gasteiger partial charge on any atom is -0.497 e. The number of carbonyl (C=O) groups excluding carboxylic acids is 1. The van der Waals surface area contributed by atoms with Crippen molar-refractivity contribution in [1.82, 2.24) is 9.78 Å². The third-order valence-corrected chi connectivity index (χ3v) is 11.2. The number of anilines is 1. The van der Waals surface area contributed by atoms with Gasteiger partial charge in [-0.3, -0.25) is 9.59 Å². The van der Waals surface area contributed by atoms with Crippen LogP contribution < -0.4 is 15.2 Å². The molecule has 1 fully saturated rings. The summed E-state index contributed by atoms with van der Waals surface area (Å²) < 4.78 is 29.2. The van der Waals surface area contributed by atoms with Gasteiger partial charge >= 0.3 is 0 Å². The molecule has 218 valence electrons. The quantitative estimate of drug-likeness (QED) is 0.239. The monoisotopic (exact) mass is 587 g/mol. The van der Waals surface area contributed by atoms with Crippen LogP contribution in [-0.4, -0.2) is 49.0 Å². The Labute approximate surface area is 244 Å². The molecule has 0 unspecified atom stereocenters. The van der Waals surface area contributed by atoms with Crippen molar-refractivity contribution in [2.24, 2.45) is 5.92 Å². The number of aliphatic hydroxyl groups excluding tert-OH is 1. The van der Waals surface area contributed by atoms with Crippen molar-refractivity contribution in [2.45, 2.75) is 50.2 Å². The van der Waals surface area contributed by atoms with E-state index in [0.717, 1.165) is 10.9 Å². The van der Waals surface area contributed by atoms with Crippen LogP contribution in [0.2, 0.25) is 18.6 Å². The molecule has 3 aromatic carbocycles. The second-order valence-electron chi connectivity index (χ2n) is 11.7. The van der Waals surface area contributed by atoms with Crippen LogP contribution in [0, 0.1) is 5.92 Å². The first kappa shape index (κ1) is 28.3. The molecule has 2 aliphatic rings. The highest BCUT2D eigenvalue weighted by Gasteiger charge is 2.66. The van der Waals surface area contributed by atoms with Crippen LogP contribution in [-0.2, 0) is 21.7 Å². The van der Waals surface area contributed by atoms with E-state index >= 15 is 4.11 Å². The maximum absolute atomic E-state index is 15.8. The van der Waals surface area contributed by atoms with E-state index in [4.69, 9.17) is 9.47 Å². The van der Waals surface area contributed by atoms with Gasteiger partial charge in [-0.15, -0.1) is 0 Å². The summed E-state index contributed by atoms with van der Waals surface area (Å²) in [5.74, 6) is -0.162. The summed E-state index contributed by atoms with van der Waals surface area (Å²) in [7, 11) is -1.74. The Morgan fingerprint density at radius 3 is 2.62 bits per heavy atom. The topological polar surface area (TPSA) is 93.9 Å². The standard InChI is InChI=1S/C32H34FN3O5Si/c1-20-29(42(3,4)33)28(14-15-37)41-32(20)26-17-24(40-2)12-13-27(26)35(31(32)39)19-21-8-7-10-23(16-21)36-30(38)25-11-6-5-9-22(25)18-34-36/h5-13,16-18,20,28-29,37H,14-15,19H2,1-4H3/t20-,28+,29-,32+/m0/s1. The van der Waals surface area contributed by atoms with Crippen molar-refractivity contribution >= 4 is 30.8 Å². The van der Waals surface area contributed by atoms with E-state index in [0.29, 0.717) is 28.1 Å². The summed E-state index contributed by atoms with van der Waals surface area (Å²) in [5, 5.41) is 15.5. The van der Waals surface area contributed by atoms with Crippen LogP contribution in [0.4, 0.5) is 9.80 Å². The Bertz CT molecular complexity index is 1740. The molecule has 0 bridgehead atoms. The summed E-state index contributed by atoms with van der Waals surface area (Å²) in [6.45, 7) is 5.21. The zero-order valence-electron chi connectivity index (χ0n) is 24.1. The first-order valence-electron chi connectivity index (χ1n) is 14.1. The lowest BCUT2D eigenvalue weighted by atomic mass is 9.82. The van der Waals surface area contributed by atoms with E-state index in [1.165, 1.54) is 4.68 Å². The average molecular weight is 588 g/mol. The molecule has 6 rings (SSSR count). The Morgan fingerprint density at radius 1 is 1.10 bits per heavy atom. The van der Waals surface area contributed by atoms with Gasteiger partial charge in [0.2, 0.25) is 8.41 Å². The van der Waals surface area contributed by atoms with Gasteiger partial charge < -0.3 is 23.6 Å². The fraction of sp³-hybridized carbons (Fsp3) is 0.344. The van der Waals surface area contributed by atoms with Gasteiger partial charge in [-0.1, -0.05) is 37.3 Å². The molecule has 1 saturated heterocycles. The number of benzene rings is 3. The lowest BCUT2D eigenvalue weighted by Gasteiger charge is -2.31. The number of rotatable bonds is 7. The number of amides is 1. The molecule has 4 atom stereocenters. The molecule has 1 aromatic heterocycles. The van der Waals surface area contributed by atoms with E-state index in [2.05, 4.69) is 5.10 Å². The van der Waals surface area contributed by atoms with Crippen LogP contribution in [0.25, 0.3) is 16.5 Å². The van der Waals surface area contributed by atoms with Crippen molar-refractivity contribution in [3.63, 3.8) is 0 Å². The lowest BCUT2D eigenvalue weighted by Crippen LogP contribution is -2.45. The van der Waals surface area contributed by atoms with Crippen LogP contribution in [0.5, 0.6) is 5.75 Å². The van der Waals surface area contributed by atoms with Crippen molar-refractivity contribution in [1.29, 1.82) is 0 Å². The van der Waals surface area contributed by atoms with Crippen molar-refractivity contribution in [3.05, 3.63) is 94.4 Å². The number of methoxy groups -OCH3 is 1. The number of fused-ring (bicyclic) bond motifs is 3. The van der Waals surface area contributed by atoms with Crippen molar-refractivity contribution in [3.8, 4) is 11.4 Å². The highest BCUT2D eigenvalue weighted by molar-refractivity contribution is 6.72. The van der Waals surface area contributed by atoms with Gasteiger partial charge in [-0.2, -0.15) is 9.78 Å². The van der Waals surface area contributed by atoms with E-state index in [-0.39, 0.29) is 31.0 Å². The normalized spacial score (nSPS) is 23.6. The third kappa shape index (κ3) is 4.36. The molecule has 42 heavy (non-hydrogen) atoms. The molecule has 2 aliphatic heterocycles. The number of halogens is 1. The summed E-state index contributed by atoms with van der Waals surface area (Å²) in [4.78, 5) is 29.4. The number of hydrogen-bond donors (Lipinski definition) is 1. The van der Waals surface area contributed by atoms with Crippen LogP contribution in [0.1, 0.15) is 24.5 Å². The minimum absolute atomic E-state index is 0.160. The molecule has 0 radical (unpaired) electrons. The Morgan fingerprint density at radius 2 is 1.88 bits per heavy atom.